The second kappa shape index (κ2) is 5.38. The number of fused-ring (bicyclic) bond motifs is 2. The molecule has 2 fully saturated rings. The molecule has 1 N–H and O–H groups in total. The summed E-state index contributed by atoms with van der Waals surface area (Å²) < 4.78 is 0. The lowest BCUT2D eigenvalue weighted by atomic mass is 9.76. The number of hydrogen-bond donors (Lipinski definition) is 1. The van der Waals surface area contributed by atoms with Gasteiger partial charge in [-0.25, -0.2) is 0 Å². The van der Waals surface area contributed by atoms with Crippen LogP contribution in [0.25, 0.3) is 0 Å². The van der Waals surface area contributed by atoms with Crippen molar-refractivity contribution in [2.75, 3.05) is 0 Å². The van der Waals surface area contributed by atoms with E-state index in [0.29, 0.717) is 23.2 Å². The number of piperidine rings is 2. The third-order valence-corrected chi connectivity index (χ3v) is 4.73. The van der Waals surface area contributed by atoms with Gasteiger partial charge < -0.3 is 5.32 Å². The van der Waals surface area contributed by atoms with E-state index in [1.807, 2.05) is 19.1 Å². The number of ketones is 1. The van der Waals surface area contributed by atoms with E-state index < -0.39 is 0 Å². The molecular weight excluding hydrogens is 248 g/mol. The molecule has 2 bridgehead atoms. The van der Waals surface area contributed by atoms with Gasteiger partial charge in [-0.15, -0.1) is 0 Å². The van der Waals surface area contributed by atoms with Gasteiger partial charge in [0.2, 0.25) is 0 Å². The third kappa shape index (κ3) is 2.36. The lowest BCUT2D eigenvalue weighted by Gasteiger charge is -2.40. The second-order valence-electron chi connectivity index (χ2n) is 6.13. The molecular formula is C17H20N2O. The van der Waals surface area contributed by atoms with E-state index in [1.54, 1.807) is 6.07 Å². The molecule has 0 aliphatic carbocycles. The highest BCUT2D eigenvalue weighted by molar-refractivity contribution is 6.01. The van der Waals surface area contributed by atoms with Crippen LogP contribution < -0.4 is 5.32 Å². The van der Waals surface area contributed by atoms with Crippen LogP contribution in [-0.2, 0) is 0 Å². The van der Waals surface area contributed by atoms with Crippen molar-refractivity contribution in [3.05, 3.63) is 34.9 Å². The molecule has 0 amide bonds. The van der Waals surface area contributed by atoms with Crippen LogP contribution in [0.3, 0.4) is 0 Å². The van der Waals surface area contributed by atoms with Gasteiger partial charge in [0.1, 0.15) is 0 Å². The summed E-state index contributed by atoms with van der Waals surface area (Å²) in [5, 5.41) is 12.9. The van der Waals surface area contributed by atoms with Crippen molar-refractivity contribution in [2.45, 2.75) is 51.1 Å². The van der Waals surface area contributed by atoms with Crippen molar-refractivity contribution in [3.8, 4) is 6.07 Å². The van der Waals surface area contributed by atoms with Crippen LogP contribution in [0.5, 0.6) is 0 Å². The monoisotopic (exact) mass is 268 g/mol. The van der Waals surface area contributed by atoms with Crippen molar-refractivity contribution in [1.29, 1.82) is 5.26 Å². The van der Waals surface area contributed by atoms with Crippen molar-refractivity contribution >= 4 is 5.78 Å². The zero-order chi connectivity index (χ0) is 14.1. The third-order valence-electron chi connectivity index (χ3n) is 4.73. The summed E-state index contributed by atoms with van der Waals surface area (Å²) in [6, 6.07) is 8.68. The predicted octanol–water partition coefficient (Wildman–Crippen LogP) is 2.97. The zero-order valence-corrected chi connectivity index (χ0v) is 11.9. The van der Waals surface area contributed by atoms with Crippen molar-refractivity contribution < 1.29 is 4.79 Å². The van der Waals surface area contributed by atoms with Gasteiger partial charge in [-0.2, -0.15) is 5.26 Å². The largest absolute Gasteiger partial charge is 0.311 e. The Balaban J connectivity index is 1.88. The molecule has 104 valence electrons. The lowest BCUT2D eigenvalue weighted by molar-refractivity contribution is 0.0824. The zero-order valence-electron chi connectivity index (χ0n) is 11.9. The molecule has 0 saturated carbocycles. The highest BCUT2D eigenvalue weighted by atomic mass is 16.1. The fourth-order valence-electron chi connectivity index (χ4n) is 3.77. The fourth-order valence-corrected chi connectivity index (χ4v) is 3.77. The summed E-state index contributed by atoms with van der Waals surface area (Å²) in [4.78, 5) is 12.9. The van der Waals surface area contributed by atoms with Gasteiger partial charge in [0.25, 0.3) is 0 Å². The average Bonchev–Trinajstić information content (AvgIpc) is 2.45. The smallest absolute Gasteiger partial charge is 0.167 e. The summed E-state index contributed by atoms with van der Waals surface area (Å²) in [6.07, 6.45) is 5.48. The van der Waals surface area contributed by atoms with Crippen molar-refractivity contribution in [3.63, 3.8) is 0 Å². The first kappa shape index (κ1) is 13.3. The van der Waals surface area contributed by atoms with Crippen molar-refractivity contribution in [1.82, 2.24) is 5.32 Å². The average molecular weight is 268 g/mol. The molecule has 1 aromatic carbocycles. The van der Waals surface area contributed by atoms with Crippen LogP contribution in [0, 0.1) is 24.2 Å². The van der Waals surface area contributed by atoms with Crippen LogP contribution in [0.1, 0.15) is 53.6 Å². The van der Waals surface area contributed by atoms with E-state index in [4.69, 9.17) is 0 Å². The topological polar surface area (TPSA) is 52.9 Å². The van der Waals surface area contributed by atoms with Gasteiger partial charge in [-0.1, -0.05) is 18.6 Å². The minimum absolute atomic E-state index is 0.0831. The van der Waals surface area contributed by atoms with Crippen LogP contribution in [0.15, 0.2) is 18.2 Å². The minimum Gasteiger partial charge on any atom is -0.311 e. The Bertz CT molecular complexity index is 561. The first-order valence-corrected chi connectivity index (χ1v) is 7.49. The quantitative estimate of drug-likeness (QED) is 0.839. The number of benzene rings is 1. The molecule has 0 aromatic heterocycles. The summed E-state index contributed by atoms with van der Waals surface area (Å²) in [7, 11) is 0. The highest BCUT2D eigenvalue weighted by Gasteiger charge is 2.35. The number of carbonyl (C=O) groups excluding carboxylic acids is 1. The van der Waals surface area contributed by atoms with E-state index in [1.165, 1.54) is 19.3 Å². The maximum absolute atomic E-state index is 12.9. The maximum atomic E-state index is 12.9. The summed E-state index contributed by atoms with van der Waals surface area (Å²) in [5.74, 6) is 0.262. The molecule has 2 unspecified atom stereocenters. The molecule has 20 heavy (non-hydrogen) atoms. The minimum atomic E-state index is 0.0831. The Morgan fingerprint density at radius 2 is 2.00 bits per heavy atom. The molecule has 2 aliphatic heterocycles. The number of carbonyl (C=O) groups is 1. The number of nitriles is 1. The Morgan fingerprint density at radius 1 is 1.30 bits per heavy atom. The molecule has 3 rings (SSSR count). The van der Waals surface area contributed by atoms with E-state index in [2.05, 4.69) is 11.4 Å². The second-order valence-corrected chi connectivity index (χ2v) is 6.13. The number of rotatable bonds is 2. The fraction of sp³-hybridized carbons (Fsp3) is 0.529. The molecule has 2 saturated heterocycles. The Labute approximate surface area is 120 Å². The standard InChI is InChI=1S/C17H20N2O/c1-11-4-2-5-12(10-18)16(11)17(20)13-8-14-6-3-7-15(9-13)19-14/h2,4-5,13-15,19H,3,6-9H2,1H3. The Morgan fingerprint density at radius 3 is 2.65 bits per heavy atom. The van der Waals surface area contributed by atoms with Gasteiger partial charge in [0.15, 0.2) is 5.78 Å². The number of hydrogen-bond acceptors (Lipinski definition) is 3. The summed E-state index contributed by atoms with van der Waals surface area (Å²) in [6.45, 7) is 1.93. The van der Waals surface area contributed by atoms with Crippen LogP contribution in [-0.4, -0.2) is 17.9 Å². The molecule has 2 atom stereocenters. The van der Waals surface area contributed by atoms with Gasteiger partial charge in [-0.3, -0.25) is 4.79 Å². The summed E-state index contributed by atoms with van der Waals surface area (Å²) in [5.41, 5.74) is 2.11. The van der Waals surface area contributed by atoms with E-state index in [9.17, 15) is 10.1 Å². The van der Waals surface area contributed by atoms with Crippen LogP contribution in [0.2, 0.25) is 0 Å². The molecule has 1 aromatic rings. The normalized spacial score (nSPS) is 28.7. The van der Waals surface area contributed by atoms with E-state index >= 15 is 0 Å². The van der Waals surface area contributed by atoms with Gasteiger partial charge >= 0.3 is 0 Å². The van der Waals surface area contributed by atoms with Crippen LogP contribution >= 0.6 is 0 Å². The molecule has 0 spiro atoms. The predicted molar refractivity (Wildman–Crippen MR) is 77.5 cm³/mol. The summed E-state index contributed by atoms with van der Waals surface area (Å²) >= 11 is 0. The molecule has 2 aliphatic rings. The van der Waals surface area contributed by atoms with Crippen LogP contribution in [0.4, 0.5) is 0 Å². The van der Waals surface area contributed by atoms with E-state index in [-0.39, 0.29) is 11.7 Å². The molecule has 0 radical (unpaired) electrons. The molecule has 3 nitrogen and oxygen atoms in total. The van der Waals surface area contributed by atoms with E-state index in [0.717, 1.165) is 18.4 Å². The molecule has 2 heterocycles. The Hall–Kier alpha value is -1.66. The van der Waals surface area contributed by atoms with Gasteiger partial charge in [-0.05, 0) is 44.2 Å². The number of aryl methyl sites for hydroxylation is 1. The lowest BCUT2D eigenvalue weighted by Crippen LogP contribution is -2.50. The van der Waals surface area contributed by atoms with Gasteiger partial charge in [0, 0.05) is 23.6 Å². The van der Waals surface area contributed by atoms with Gasteiger partial charge in [0.05, 0.1) is 11.6 Å². The number of nitrogens with one attached hydrogen (secondary N) is 1. The first-order chi connectivity index (χ1) is 9.69. The molecule has 3 heteroatoms. The number of Topliss-reactive ketones (excluding diaryl/α,β-unsaturated/α-hetero) is 1. The maximum Gasteiger partial charge on any atom is 0.167 e. The highest BCUT2D eigenvalue weighted by Crippen LogP contribution is 2.32. The SMILES string of the molecule is Cc1cccc(C#N)c1C(=O)C1CC2CCCC(C1)N2. The number of nitrogens with zero attached hydrogens (tertiary/aromatic N) is 1. The van der Waals surface area contributed by atoms with Crippen molar-refractivity contribution in [2.24, 2.45) is 5.92 Å². The Kier molecular flexibility index (Phi) is 3.58. The first-order valence-electron chi connectivity index (χ1n) is 7.49.